The number of non-ortho nitro benzene ring substituents is 1. The van der Waals surface area contributed by atoms with Crippen molar-refractivity contribution in [1.29, 1.82) is 0 Å². The zero-order valence-corrected chi connectivity index (χ0v) is 21.5. The number of hydrogen-bond donors (Lipinski definition) is 2. The molecule has 196 valence electrons. The number of fused-ring (bicyclic) bond motifs is 1. The maximum atomic E-state index is 12.7. The molecule has 1 aromatic heterocycles. The van der Waals surface area contributed by atoms with Gasteiger partial charge in [0.2, 0.25) is 0 Å². The second kappa shape index (κ2) is 11.7. The summed E-state index contributed by atoms with van der Waals surface area (Å²) < 4.78 is 36.1. The van der Waals surface area contributed by atoms with Gasteiger partial charge in [-0.1, -0.05) is 30.0 Å². The van der Waals surface area contributed by atoms with Gasteiger partial charge in [-0.2, -0.15) is 13.5 Å². The summed E-state index contributed by atoms with van der Waals surface area (Å²) in [4.78, 5) is 29.6. The van der Waals surface area contributed by atoms with Gasteiger partial charge in [0, 0.05) is 12.1 Å². The fourth-order valence-corrected chi connectivity index (χ4v) is 4.86. The van der Waals surface area contributed by atoms with Crippen LogP contribution >= 0.6 is 11.8 Å². The van der Waals surface area contributed by atoms with E-state index in [1.54, 1.807) is 6.92 Å². The predicted molar refractivity (Wildman–Crippen MR) is 141 cm³/mol. The molecule has 1 amide bonds. The number of aromatic amines is 1. The number of aromatic nitrogens is 2. The highest BCUT2D eigenvalue weighted by molar-refractivity contribution is 7.99. The Kier molecular flexibility index (Phi) is 8.23. The Balaban J connectivity index is 1.39. The minimum Gasteiger partial charge on any atom is -0.490 e. The highest BCUT2D eigenvalue weighted by Crippen LogP contribution is 2.31. The van der Waals surface area contributed by atoms with Gasteiger partial charge < -0.3 is 13.9 Å². The van der Waals surface area contributed by atoms with E-state index in [-0.39, 0.29) is 40.3 Å². The van der Waals surface area contributed by atoms with Crippen molar-refractivity contribution >= 4 is 50.7 Å². The fourth-order valence-electron chi connectivity index (χ4n) is 3.20. The van der Waals surface area contributed by atoms with Crippen molar-refractivity contribution in [3.63, 3.8) is 0 Å². The molecule has 0 aliphatic heterocycles. The van der Waals surface area contributed by atoms with Crippen molar-refractivity contribution < 1.29 is 27.1 Å². The topological polar surface area (TPSA) is 166 Å². The molecule has 0 saturated carbocycles. The Morgan fingerprint density at radius 3 is 2.74 bits per heavy atom. The van der Waals surface area contributed by atoms with E-state index < -0.39 is 15.0 Å². The molecule has 0 aliphatic carbocycles. The molecule has 0 bridgehead atoms. The zero-order chi connectivity index (χ0) is 27.1. The SMILES string of the molecule is CCOc1cc(/C=N\NC(=O)CSc2nc3ccccc3[nH]2)ccc1OS(=O)(=O)c1cccc([N+](=O)[O-])c1. The van der Waals surface area contributed by atoms with Crippen molar-refractivity contribution in [2.24, 2.45) is 5.10 Å². The lowest BCUT2D eigenvalue weighted by atomic mass is 10.2. The number of nitro benzene ring substituents is 1. The number of H-pyrrole nitrogens is 1. The Hall–Kier alpha value is -4.43. The van der Waals surface area contributed by atoms with Crippen LogP contribution in [0.4, 0.5) is 5.69 Å². The highest BCUT2D eigenvalue weighted by Gasteiger charge is 2.22. The van der Waals surface area contributed by atoms with Crippen LogP contribution in [0.25, 0.3) is 11.0 Å². The van der Waals surface area contributed by atoms with Crippen molar-refractivity contribution in [3.8, 4) is 11.5 Å². The summed E-state index contributed by atoms with van der Waals surface area (Å²) >= 11 is 1.23. The number of hydrogen-bond acceptors (Lipinski definition) is 10. The minimum absolute atomic E-state index is 0.0869. The summed E-state index contributed by atoms with van der Waals surface area (Å²) in [7, 11) is -4.37. The van der Waals surface area contributed by atoms with Crippen LogP contribution in [-0.2, 0) is 14.9 Å². The molecule has 1 heterocycles. The van der Waals surface area contributed by atoms with Crippen LogP contribution in [0, 0.1) is 10.1 Å². The van der Waals surface area contributed by atoms with Crippen molar-refractivity contribution in [1.82, 2.24) is 15.4 Å². The summed E-state index contributed by atoms with van der Waals surface area (Å²) in [6.45, 7) is 1.92. The van der Waals surface area contributed by atoms with E-state index in [1.165, 1.54) is 54.4 Å². The molecule has 0 aliphatic rings. The van der Waals surface area contributed by atoms with Gasteiger partial charge in [0.05, 0.1) is 34.5 Å². The normalized spacial score (nSPS) is 11.5. The van der Waals surface area contributed by atoms with Crippen LogP contribution in [0.1, 0.15) is 12.5 Å². The molecule has 0 atom stereocenters. The Morgan fingerprint density at radius 2 is 1.97 bits per heavy atom. The summed E-state index contributed by atoms with van der Waals surface area (Å²) in [6, 6.07) is 16.4. The van der Waals surface area contributed by atoms with Crippen molar-refractivity contribution in [2.45, 2.75) is 17.0 Å². The third-order valence-electron chi connectivity index (χ3n) is 4.89. The van der Waals surface area contributed by atoms with Gasteiger partial charge in [0.15, 0.2) is 16.7 Å². The van der Waals surface area contributed by atoms with E-state index in [0.717, 1.165) is 17.1 Å². The van der Waals surface area contributed by atoms with E-state index in [0.29, 0.717) is 10.7 Å². The monoisotopic (exact) mass is 555 g/mol. The van der Waals surface area contributed by atoms with E-state index in [2.05, 4.69) is 20.5 Å². The van der Waals surface area contributed by atoms with E-state index in [9.17, 15) is 23.3 Å². The van der Waals surface area contributed by atoms with Crippen LogP contribution in [-0.4, -0.2) is 47.8 Å². The number of benzene rings is 3. The highest BCUT2D eigenvalue weighted by atomic mass is 32.2. The van der Waals surface area contributed by atoms with E-state index in [4.69, 9.17) is 8.92 Å². The van der Waals surface area contributed by atoms with Crippen LogP contribution in [0.2, 0.25) is 0 Å². The molecule has 4 rings (SSSR count). The number of nitrogens with zero attached hydrogens (tertiary/aromatic N) is 3. The number of carbonyl (C=O) groups excluding carboxylic acids is 1. The van der Waals surface area contributed by atoms with Gasteiger partial charge in [0.1, 0.15) is 4.90 Å². The van der Waals surface area contributed by atoms with E-state index >= 15 is 0 Å². The molecule has 4 aromatic rings. The van der Waals surface area contributed by atoms with Gasteiger partial charge >= 0.3 is 10.1 Å². The molecular weight excluding hydrogens is 534 g/mol. The van der Waals surface area contributed by atoms with Gasteiger partial charge in [-0.05, 0) is 48.9 Å². The molecular formula is C24H21N5O7S2. The summed E-state index contributed by atoms with van der Waals surface area (Å²) in [6.07, 6.45) is 1.37. The van der Waals surface area contributed by atoms with Crippen LogP contribution in [0.15, 0.2) is 81.9 Å². The van der Waals surface area contributed by atoms with Crippen molar-refractivity contribution in [3.05, 3.63) is 82.4 Å². The first kappa shape index (κ1) is 26.6. The second-order valence-electron chi connectivity index (χ2n) is 7.57. The number of amides is 1. The molecule has 12 nitrogen and oxygen atoms in total. The number of nitrogens with one attached hydrogen (secondary N) is 2. The number of thioether (sulfide) groups is 1. The molecule has 0 unspecified atom stereocenters. The number of imidazole rings is 1. The summed E-state index contributed by atoms with van der Waals surface area (Å²) in [5, 5.41) is 15.5. The molecule has 0 radical (unpaired) electrons. The minimum atomic E-state index is -4.37. The maximum absolute atomic E-state index is 12.7. The first-order valence-electron chi connectivity index (χ1n) is 11.1. The zero-order valence-electron chi connectivity index (χ0n) is 19.9. The Labute approximate surface area is 221 Å². The van der Waals surface area contributed by atoms with Crippen LogP contribution < -0.4 is 14.3 Å². The Bertz CT molecular complexity index is 1590. The fraction of sp³-hybridized carbons (Fsp3) is 0.125. The quantitative estimate of drug-likeness (QED) is 0.0918. The molecule has 38 heavy (non-hydrogen) atoms. The Morgan fingerprint density at radius 1 is 1.16 bits per heavy atom. The second-order valence-corrected chi connectivity index (χ2v) is 10.1. The van der Waals surface area contributed by atoms with E-state index in [1.807, 2.05) is 24.3 Å². The molecule has 14 heteroatoms. The van der Waals surface area contributed by atoms with Crippen LogP contribution in [0.5, 0.6) is 11.5 Å². The first-order valence-corrected chi connectivity index (χ1v) is 13.5. The lowest BCUT2D eigenvalue weighted by Crippen LogP contribution is -2.19. The molecule has 0 fully saturated rings. The van der Waals surface area contributed by atoms with Crippen molar-refractivity contribution in [2.75, 3.05) is 12.4 Å². The molecule has 0 saturated heterocycles. The number of nitro groups is 1. The van der Waals surface area contributed by atoms with Gasteiger partial charge in [-0.25, -0.2) is 10.4 Å². The third-order valence-corrected chi connectivity index (χ3v) is 7.00. The lowest BCUT2D eigenvalue weighted by molar-refractivity contribution is -0.385. The largest absolute Gasteiger partial charge is 0.490 e. The van der Waals surface area contributed by atoms with Crippen LogP contribution in [0.3, 0.4) is 0 Å². The number of hydrazone groups is 1. The smallest absolute Gasteiger partial charge is 0.339 e. The summed E-state index contributed by atoms with van der Waals surface area (Å²) in [5.74, 6) is -0.261. The predicted octanol–water partition coefficient (Wildman–Crippen LogP) is 3.88. The first-order chi connectivity index (χ1) is 18.2. The molecule has 3 aromatic carbocycles. The van der Waals surface area contributed by atoms with Gasteiger partial charge in [0.25, 0.3) is 11.6 Å². The third kappa shape index (κ3) is 6.66. The molecule has 0 spiro atoms. The van der Waals surface area contributed by atoms with Gasteiger partial charge in [-0.15, -0.1) is 0 Å². The lowest BCUT2D eigenvalue weighted by Gasteiger charge is -2.12. The van der Waals surface area contributed by atoms with Gasteiger partial charge in [-0.3, -0.25) is 14.9 Å². The number of carbonyl (C=O) groups is 1. The number of ether oxygens (including phenoxy) is 1. The number of para-hydroxylation sites is 2. The molecule has 2 N–H and O–H groups in total. The summed E-state index contributed by atoms with van der Waals surface area (Å²) in [5.41, 5.74) is 4.22. The number of rotatable bonds is 11. The standard InChI is InChI=1S/C24H21N5O7S2/c1-2-35-22-12-16(10-11-21(22)36-38(33,34)18-7-5-6-17(13-18)29(31)32)14-25-28-23(30)15-37-24-26-19-8-3-4-9-20(19)27-24/h3-14H,2,15H2,1H3,(H,26,27)(H,28,30)/b25-14-. The average molecular weight is 556 g/mol. The average Bonchev–Trinajstić information content (AvgIpc) is 3.32. The maximum Gasteiger partial charge on any atom is 0.339 e.